The fourth-order valence-corrected chi connectivity index (χ4v) is 6.52. The van der Waals surface area contributed by atoms with Gasteiger partial charge in [0, 0.05) is 60.8 Å². The Morgan fingerprint density at radius 1 is 1.14 bits per heavy atom. The largest absolute Gasteiger partial charge is 0.446 e. The molecule has 3 unspecified atom stereocenters. The summed E-state index contributed by atoms with van der Waals surface area (Å²) in [7, 11) is 1.72. The van der Waals surface area contributed by atoms with E-state index >= 15 is 0 Å². The van der Waals surface area contributed by atoms with Crippen molar-refractivity contribution >= 4 is 34.9 Å². The zero-order valence-corrected chi connectivity index (χ0v) is 23.4. The quantitative estimate of drug-likeness (QED) is 0.160. The van der Waals surface area contributed by atoms with Gasteiger partial charge in [-0.25, -0.2) is 4.79 Å². The Kier molecular flexibility index (Phi) is 8.67. The second-order valence-electron chi connectivity index (χ2n) is 11.0. The molecule has 0 bridgehead atoms. The number of methoxy groups -OCH3 is 1. The van der Waals surface area contributed by atoms with E-state index in [0.29, 0.717) is 26.0 Å². The maximum absolute atomic E-state index is 12.7. The van der Waals surface area contributed by atoms with E-state index in [-0.39, 0.29) is 59.5 Å². The van der Waals surface area contributed by atoms with Crippen molar-refractivity contribution in [3.05, 3.63) is 11.6 Å². The molecule has 2 saturated carbocycles. The predicted molar refractivity (Wildman–Crippen MR) is 139 cm³/mol. The first-order chi connectivity index (χ1) is 16.7. The summed E-state index contributed by atoms with van der Waals surface area (Å²) in [5, 5.41) is 6.07. The van der Waals surface area contributed by atoms with Gasteiger partial charge in [-0.1, -0.05) is 11.6 Å². The molecule has 0 radical (unpaired) electrons. The number of halogens is 1. The number of alkyl carbamates (subject to hydrolysis) is 1. The van der Waals surface area contributed by atoms with Crippen molar-refractivity contribution in [3.63, 3.8) is 0 Å². The Morgan fingerprint density at radius 2 is 1.80 bits per heavy atom. The van der Waals surface area contributed by atoms with Crippen LogP contribution in [0.25, 0.3) is 0 Å². The van der Waals surface area contributed by atoms with E-state index in [1.165, 1.54) is 5.57 Å². The molecule has 2 aliphatic carbocycles. The van der Waals surface area contributed by atoms with Crippen LogP contribution in [0.15, 0.2) is 11.6 Å². The van der Waals surface area contributed by atoms with Gasteiger partial charge in [-0.15, -0.1) is 0 Å². The van der Waals surface area contributed by atoms with Gasteiger partial charge in [0.1, 0.15) is 17.3 Å². The number of hydrogen-bond donors (Lipinski definition) is 3. The Labute approximate surface area is 222 Å². The average molecular weight is 606 g/mol. The summed E-state index contributed by atoms with van der Waals surface area (Å²) in [5.41, 5.74) is 0.664. The molecule has 4 aliphatic rings. The fraction of sp³-hybridized carbons (Fsp3) is 0.840. The highest BCUT2D eigenvalue weighted by Crippen LogP contribution is 2.59. The van der Waals surface area contributed by atoms with Gasteiger partial charge in [-0.2, -0.15) is 0 Å². The van der Waals surface area contributed by atoms with E-state index in [4.69, 9.17) is 18.9 Å². The van der Waals surface area contributed by atoms with Crippen molar-refractivity contribution < 1.29 is 28.5 Å². The van der Waals surface area contributed by atoms with Crippen LogP contribution in [-0.2, 0) is 23.7 Å². The summed E-state index contributed by atoms with van der Waals surface area (Å²) in [5.74, 6) is 0.120. The topological polar surface area (TPSA) is 114 Å². The lowest BCUT2D eigenvalue weighted by molar-refractivity contribution is -0.120. The number of hydrogen-bond acceptors (Lipinski definition) is 7. The number of ether oxygens (including phenoxy) is 4. The lowest BCUT2D eigenvalue weighted by Gasteiger charge is -2.41. The van der Waals surface area contributed by atoms with Gasteiger partial charge in [0.2, 0.25) is 5.91 Å². The van der Waals surface area contributed by atoms with Gasteiger partial charge >= 0.3 is 6.09 Å². The molecule has 0 aromatic heterocycles. The molecule has 0 aromatic rings. The summed E-state index contributed by atoms with van der Waals surface area (Å²) in [4.78, 5) is 24.5. The first-order valence-corrected chi connectivity index (χ1v) is 13.8. The minimum absolute atomic E-state index is 0.00321. The second kappa shape index (κ2) is 11.2. The summed E-state index contributed by atoms with van der Waals surface area (Å²) in [6.45, 7) is 7.33. The standard InChI is InChI=1S/C25H40IN3O6/c1-15(2)5-10-20-24(3,35-20)22-19(32-4)11-18(12-25(22)14-33-25)34-23(31)29-17-8-6-16(7-9-17)28-21(30)13-27-26/h5,16-20,22,27H,6-14H2,1-4H3,(H,28,30)(H,29,31)/t16-,17-,18?,19?,20-,22?,24+,25+/m1/s1. The number of epoxide rings is 2. The van der Waals surface area contributed by atoms with E-state index < -0.39 is 0 Å². The zero-order chi connectivity index (χ0) is 25.2. The van der Waals surface area contributed by atoms with Crippen molar-refractivity contribution in [3.8, 4) is 0 Å². The third-order valence-corrected chi connectivity index (χ3v) is 8.46. The highest BCUT2D eigenvalue weighted by Gasteiger charge is 2.71. The van der Waals surface area contributed by atoms with Crippen LogP contribution in [0.4, 0.5) is 4.79 Å². The SMILES string of the molecule is COC1CC(OC(=O)N[C@H]2CC[C@H](NC(=O)CNI)CC2)C[C@]2(CO2)C1[C@@]1(C)O[C@@H]1CC=C(C)C. The molecule has 35 heavy (non-hydrogen) atoms. The minimum atomic E-state index is -0.379. The number of amides is 2. The van der Waals surface area contributed by atoms with Crippen LogP contribution in [0, 0.1) is 5.92 Å². The van der Waals surface area contributed by atoms with E-state index in [2.05, 4.69) is 41.0 Å². The van der Waals surface area contributed by atoms with Gasteiger partial charge in [-0.3, -0.25) is 8.32 Å². The van der Waals surface area contributed by atoms with Crippen LogP contribution >= 0.6 is 22.9 Å². The molecular weight excluding hydrogens is 565 g/mol. The Morgan fingerprint density at radius 3 is 2.37 bits per heavy atom. The number of allylic oxidation sites excluding steroid dienone is 1. The van der Waals surface area contributed by atoms with Gasteiger partial charge in [0.15, 0.2) is 0 Å². The van der Waals surface area contributed by atoms with Gasteiger partial charge in [0.05, 0.1) is 25.4 Å². The van der Waals surface area contributed by atoms with E-state index in [1.807, 2.05) is 22.9 Å². The van der Waals surface area contributed by atoms with E-state index in [0.717, 1.165) is 32.1 Å². The molecule has 4 rings (SSSR count). The van der Waals surface area contributed by atoms with Gasteiger partial charge < -0.3 is 29.6 Å². The maximum Gasteiger partial charge on any atom is 0.407 e. The molecule has 0 aromatic carbocycles. The number of carbonyl (C=O) groups excluding carboxylic acids is 2. The van der Waals surface area contributed by atoms with Crippen molar-refractivity contribution in [2.45, 2.75) is 107 Å². The van der Waals surface area contributed by atoms with Crippen molar-refractivity contribution in [1.29, 1.82) is 0 Å². The Hall–Kier alpha value is -0.950. The average Bonchev–Trinajstić information content (AvgIpc) is 3.70. The zero-order valence-electron chi connectivity index (χ0n) is 21.2. The van der Waals surface area contributed by atoms with Crippen LogP contribution in [0.1, 0.15) is 65.7 Å². The highest BCUT2D eigenvalue weighted by molar-refractivity contribution is 14.1. The normalized spacial score (nSPS) is 40.0. The van der Waals surface area contributed by atoms with Crippen LogP contribution in [0.5, 0.6) is 0 Å². The molecule has 4 fully saturated rings. The third-order valence-electron chi connectivity index (χ3n) is 8.08. The fourth-order valence-electron chi connectivity index (χ4n) is 6.18. The summed E-state index contributed by atoms with van der Waals surface area (Å²) < 4.78 is 26.8. The van der Waals surface area contributed by atoms with E-state index in [1.54, 1.807) is 7.11 Å². The predicted octanol–water partition coefficient (Wildman–Crippen LogP) is 3.16. The monoisotopic (exact) mass is 605 g/mol. The number of nitrogens with one attached hydrogen (secondary N) is 3. The van der Waals surface area contributed by atoms with Crippen LogP contribution in [0.2, 0.25) is 0 Å². The van der Waals surface area contributed by atoms with Crippen LogP contribution in [0.3, 0.4) is 0 Å². The Bertz CT molecular complexity index is 809. The van der Waals surface area contributed by atoms with Gasteiger partial charge in [0.25, 0.3) is 0 Å². The highest BCUT2D eigenvalue weighted by atomic mass is 127. The summed E-state index contributed by atoms with van der Waals surface area (Å²) >= 11 is 1.96. The first kappa shape index (κ1) is 27.1. The molecule has 3 N–H and O–H groups in total. The van der Waals surface area contributed by atoms with E-state index in [9.17, 15) is 9.59 Å². The lowest BCUT2D eigenvalue weighted by atomic mass is 9.68. The molecule has 2 aliphatic heterocycles. The Balaban J connectivity index is 1.26. The number of carbonyl (C=O) groups is 2. The lowest BCUT2D eigenvalue weighted by Crippen LogP contribution is -2.53. The van der Waals surface area contributed by atoms with Crippen LogP contribution in [-0.4, -0.2) is 73.9 Å². The molecule has 2 saturated heterocycles. The van der Waals surface area contributed by atoms with Crippen molar-refractivity contribution in [2.75, 3.05) is 20.3 Å². The number of rotatable bonds is 9. The molecule has 198 valence electrons. The van der Waals surface area contributed by atoms with Gasteiger partial charge in [-0.05, 0) is 52.9 Å². The smallest absolute Gasteiger partial charge is 0.407 e. The molecular formula is C25H40IN3O6. The molecule has 1 spiro atoms. The second-order valence-corrected chi connectivity index (χ2v) is 11.7. The molecule has 10 heteroatoms. The first-order valence-electron chi connectivity index (χ1n) is 12.8. The van der Waals surface area contributed by atoms with Crippen LogP contribution < -0.4 is 14.2 Å². The molecule has 2 amide bonds. The third kappa shape index (κ3) is 6.49. The minimum Gasteiger partial charge on any atom is -0.446 e. The van der Waals surface area contributed by atoms with Crippen molar-refractivity contribution in [1.82, 2.24) is 14.2 Å². The molecule has 2 heterocycles. The maximum atomic E-state index is 12.7. The molecule has 6 atom stereocenters. The molecule has 9 nitrogen and oxygen atoms in total. The summed E-state index contributed by atoms with van der Waals surface area (Å²) in [6, 6.07) is 0.228. The van der Waals surface area contributed by atoms with Crippen molar-refractivity contribution in [2.24, 2.45) is 5.92 Å². The summed E-state index contributed by atoms with van der Waals surface area (Å²) in [6.07, 6.45) is 7.19.